The lowest BCUT2D eigenvalue weighted by atomic mass is 10.1. The van der Waals surface area contributed by atoms with Gasteiger partial charge in [-0.1, -0.05) is 47.5 Å². The number of rotatable bonds is 3. The molecule has 0 aliphatic heterocycles. The second-order valence-electron chi connectivity index (χ2n) is 7.68. The molecule has 3 aromatic carbocycles. The van der Waals surface area contributed by atoms with E-state index in [0.29, 0.717) is 16.5 Å². The van der Waals surface area contributed by atoms with E-state index in [2.05, 4.69) is 15.5 Å². The van der Waals surface area contributed by atoms with E-state index >= 15 is 0 Å². The first-order valence-electron chi connectivity index (χ1n) is 10.1. The average Bonchev–Trinajstić information content (AvgIpc) is 3.30. The highest BCUT2D eigenvalue weighted by Gasteiger charge is 2.20. The largest absolute Gasteiger partial charge is 0.288 e. The number of nitrogens with zero attached hydrogens (tertiary/aromatic N) is 5. The Morgan fingerprint density at radius 3 is 2.22 bits per heavy atom. The molecule has 32 heavy (non-hydrogen) atoms. The van der Waals surface area contributed by atoms with E-state index in [1.54, 1.807) is 36.4 Å². The molecule has 7 nitrogen and oxygen atoms in total. The molecule has 0 saturated heterocycles. The van der Waals surface area contributed by atoms with Gasteiger partial charge in [0.1, 0.15) is 0 Å². The van der Waals surface area contributed by atoms with Gasteiger partial charge in [-0.05, 0) is 60.7 Å². The highest BCUT2D eigenvalue weighted by Crippen LogP contribution is 2.21. The normalized spacial score (nSPS) is 11.1. The lowest BCUT2D eigenvalue weighted by molar-refractivity contribution is 0.0964. The van der Waals surface area contributed by atoms with Crippen LogP contribution in [-0.4, -0.2) is 30.7 Å². The van der Waals surface area contributed by atoms with E-state index in [4.69, 9.17) is 0 Å². The maximum Gasteiger partial charge on any atom is 0.262 e. The van der Waals surface area contributed by atoms with Gasteiger partial charge in [0.25, 0.3) is 5.91 Å². The lowest BCUT2D eigenvalue weighted by Crippen LogP contribution is -2.19. The molecule has 0 bridgehead atoms. The van der Waals surface area contributed by atoms with Gasteiger partial charge in [0, 0.05) is 17.1 Å². The van der Waals surface area contributed by atoms with Crippen molar-refractivity contribution < 1.29 is 4.79 Å². The van der Waals surface area contributed by atoms with Gasteiger partial charge in [0.05, 0.1) is 16.8 Å². The molecule has 0 saturated carbocycles. The summed E-state index contributed by atoms with van der Waals surface area (Å²) in [6.45, 7) is 3.95. The summed E-state index contributed by atoms with van der Waals surface area (Å²) in [4.78, 5) is 26.8. The standard InChI is InChI=1S/C25H19N5O2/c1-16-7-11-18(12-8-16)25(32)29-15-21(23(31)20-5-3-4-6-22(20)29)24-26-27-28-30(24)19-13-9-17(2)10-14-19/h3-15H,1-2H3. The van der Waals surface area contributed by atoms with E-state index in [-0.39, 0.29) is 22.7 Å². The number of aryl methyl sites for hydroxylation is 2. The monoisotopic (exact) mass is 421 g/mol. The van der Waals surface area contributed by atoms with Crippen LogP contribution in [-0.2, 0) is 0 Å². The minimum absolute atomic E-state index is 0.239. The molecule has 5 rings (SSSR count). The fourth-order valence-electron chi connectivity index (χ4n) is 3.66. The molecule has 0 radical (unpaired) electrons. The Bertz CT molecular complexity index is 1510. The van der Waals surface area contributed by atoms with Gasteiger partial charge in [-0.2, -0.15) is 4.68 Å². The molecule has 0 atom stereocenters. The Balaban J connectivity index is 1.74. The molecule has 0 unspecified atom stereocenters. The SMILES string of the molecule is Cc1ccc(C(=O)n2cc(-c3nnnn3-c3ccc(C)cc3)c(=O)c3ccccc32)cc1. The Kier molecular flexibility index (Phi) is 4.71. The van der Waals surface area contributed by atoms with Crippen LogP contribution in [0.2, 0.25) is 0 Å². The molecule has 0 N–H and O–H groups in total. The summed E-state index contributed by atoms with van der Waals surface area (Å²) in [6.07, 6.45) is 1.53. The first-order chi connectivity index (χ1) is 15.5. The van der Waals surface area contributed by atoms with Crippen LogP contribution in [0.25, 0.3) is 28.0 Å². The van der Waals surface area contributed by atoms with Crippen molar-refractivity contribution in [1.29, 1.82) is 0 Å². The van der Waals surface area contributed by atoms with Gasteiger partial charge in [0.2, 0.25) is 5.43 Å². The zero-order valence-electron chi connectivity index (χ0n) is 17.6. The molecule has 0 aliphatic rings. The smallest absolute Gasteiger partial charge is 0.262 e. The number of carbonyl (C=O) groups is 1. The predicted molar refractivity (Wildman–Crippen MR) is 122 cm³/mol. The molecule has 7 heteroatoms. The number of fused-ring (bicyclic) bond motifs is 1. The summed E-state index contributed by atoms with van der Waals surface area (Å²) >= 11 is 0. The number of hydrogen-bond acceptors (Lipinski definition) is 5. The molecule has 156 valence electrons. The van der Waals surface area contributed by atoms with Crippen molar-refractivity contribution >= 4 is 16.8 Å². The van der Waals surface area contributed by atoms with E-state index < -0.39 is 0 Å². The quantitative estimate of drug-likeness (QED) is 0.441. The van der Waals surface area contributed by atoms with E-state index in [0.717, 1.165) is 16.8 Å². The second kappa shape index (κ2) is 7.70. The number of pyridine rings is 1. The third kappa shape index (κ3) is 3.30. The zero-order chi connectivity index (χ0) is 22.2. The van der Waals surface area contributed by atoms with Crippen LogP contribution >= 0.6 is 0 Å². The molecule has 5 aromatic rings. The lowest BCUT2D eigenvalue weighted by Gasteiger charge is -2.13. The maximum atomic E-state index is 13.4. The number of tetrazole rings is 1. The zero-order valence-corrected chi connectivity index (χ0v) is 17.6. The molecular weight excluding hydrogens is 402 g/mol. The van der Waals surface area contributed by atoms with Crippen molar-refractivity contribution in [3.8, 4) is 17.1 Å². The van der Waals surface area contributed by atoms with Gasteiger partial charge in [-0.15, -0.1) is 5.10 Å². The summed E-state index contributed by atoms with van der Waals surface area (Å²) in [5.41, 5.74) is 3.94. The van der Waals surface area contributed by atoms with Gasteiger partial charge < -0.3 is 0 Å². The minimum Gasteiger partial charge on any atom is -0.288 e. The number of para-hydroxylation sites is 1. The van der Waals surface area contributed by atoms with Gasteiger partial charge >= 0.3 is 0 Å². The summed E-state index contributed by atoms with van der Waals surface area (Å²) in [6, 6.07) is 22.0. The highest BCUT2D eigenvalue weighted by atomic mass is 16.2. The first-order valence-corrected chi connectivity index (χ1v) is 10.1. The highest BCUT2D eigenvalue weighted by molar-refractivity contribution is 6.02. The first kappa shape index (κ1) is 19.6. The molecule has 0 amide bonds. The Labute approximate surface area is 183 Å². The van der Waals surface area contributed by atoms with Crippen molar-refractivity contribution in [1.82, 2.24) is 24.8 Å². The topological polar surface area (TPSA) is 82.7 Å². The van der Waals surface area contributed by atoms with Crippen molar-refractivity contribution in [2.24, 2.45) is 0 Å². The molecule has 2 aromatic heterocycles. The number of benzene rings is 3. The van der Waals surface area contributed by atoms with Crippen molar-refractivity contribution in [2.75, 3.05) is 0 Å². The summed E-state index contributed by atoms with van der Waals surface area (Å²) in [5, 5.41) is 12.4. The van der Waals surface area contributed by atoms with Crippen LogP contribution in [0.4, 0.5) is 0 Å². The number of aromatic nitrogens is 5. The second-order valence-corrected chi connectivity index (χ2v) is 7.68. The van der Waals surface area contributed by atoms with Crippen LogP contribution in [0.5, 0.6) is 0 Å². The molecular formula is C25H19N5O2. The summed E-state index contributed by atoms with van der Waals surface area (Å²) in [7, 11) is 0. The van der Waals surface area contributed by atoms with Crippen LogP contribution in [0.15, 0.2) is 83.8 Å². The minimum atomic E-state index is -0.239. The van der Waals surface area contributed by atoms with Crippen molar-refractivity contribution in [2.45, 2.75) is 13.8 Å². The number of carbonyl (C=O) groups excluding carboxylic acids is 1. The third-order valence-corrected chi connectivity index (χ3v) is 5.42. The van der Waals surface area contributed by atoms with E-state index in [1.165, 1.54) is 15.4 Å². The van der Waals surface area contributed by atoms with Crippen LogP contribution in [0, 0.1) is 13.8 Å². The Hall–Kier alpha value is -4.39. The Morgan fingerprint density at radius 1 is 0.844 bits per heavy atom. The van der Waals surface area contributed by atoms with E-state index in [1.807, 2.05) is 50.2 Å². The van der Waals surface area contributed by atoms with Crippen molar-refractivity contribution in [3.05, 3.63) is 106 Å². The van der Waals surface area contributed by atoms with Gasteiger partial charge in [-0.3, -0.25) is 14.2 Å². The van der Waals surface area contributed by atoms with Crippen LogP contribution < -0.4 is 5.43 Å². The van der Waals surface area contributed by atoms with Crippen LogP contribution in [0.3, 0.4) is 0 Å². The predicted octanol–water partition coefficient (Wildman–Crippen LogP) is 3.95. The Morgan fingerprint density at radius 2 is 1.50 bits per heavy atom. The molecule has 0 aliphatic carbocycles. The molecule has 0 spiro atoms. The maximum absolute atomic E-state index is 13.4. The molecule has 0 fully saturated rings. The van der Waals surface area contributed by atoms with Crippen LogP contribution in [0.1, 0.15) is 21.5 Å². The summed E-state index contributed by atoms with van der Waals surface area (Å²) in [5.74, 6) is 0.0341. The van der Waals surface area contributed by atoms with Crippen molar-refractivity contribution in [3.63, 3.8) is 0 Å². The van der Waals surface area contributed by atoms with E-state index in [9.17, 15) is 9.59 Å². The van der Waals surface area contributed by atoms with Gasteiger partial charge in [0.15, 0.2) is 5.82 Å². The average molecular weight is 421 g/mol. The number of hydrogen-bond donors (Lipinski definition) is 0. The molecule has 2 heterocycles. The van der Waals surface area contributed by atoms with Gasteiger partial charge in [-0.25, -0.2) is 0 Å². The fourth-order valence-corrected chi connectivity index (χ4v) is 3.66. The fraction of sp³-hybridized carbons (Fsp3) is 0.0800. The summed E-state index contributed by atoms with van der Waals surface area (Å²) < 4.78 is 3.00. The third-order valence-electron chi connectivity index (χ3n) is 5.42.